The molecule has 1 heterocycles. The highest BCUT2D eigenvalue weighted by atomic mass is 35.5. The van der Waals surface area contributed by atoms with Gasteiger partial charge in [0.15, 0.2) is 5.78 Å². The number of anilines is 1. The Morgan fingerprint density at radius 2 is 1.79 bits per heavy atom. The number of ether oxygens (including phenoxy) is 2. The van der Waals surface area contributed by atoms with Crippen molar-refractivity contribution in [2.24, 2.45) is 0 Å². The van der Waals surface area contributed by atoms with E-state index in [0.717, 1.165) is 0 Å². The highest BCUT2D eigenvalue weighted by Crippen LogP contribution is 2.37. The quantitative estimate of drug-likeness (QED) is 0.596. The third kappa shape index (κ3) is 4.21. The summed E-state index contributed by atoms with van der Waals surface area (Å²) in [5, 5.41) is 2.76. The topological polar surface area (TPSA) is 86.6 Å². The lowest BCUT2D eigenvalue weighted by molar-refractivity contribution is 0.0971. The summed E-state index contributed by atoms with van der Waals surface area (Å²) in [6.07, 6.45) is 1.37. The average molecular weight is 471 g/mol. The molecule has 3 aromatic rings. The van der Waals surface area contributed by atoms with E-state index in [1.54, 1.807) is 0 Å². The molecular weight excluding hydrogens is 451 g/mol. The van der Waals surface area contributed by atoms with Crippen molar-refractivity contribution in [3.63, 3.8) is 0 Å². The zero-order valence-corrected chi connectivity index (χ0v) is 18.7. The first-order valence-corrected chi connectivity index (χ1v) is 10.5. The average Bonchev–Trinajstić information content (AvgIpc) is 2.80. The van der Waals surface area contributed by atoms with Crippen molar-refractivity contribution >= 4 is 29.0 Å². The second kappa shape index (κ2) is 9.07. The number of amides is 1. The van der Waals surface area contributed by atoms with Gasteiger partial charge in [-0.15, -0.1) is 0 Å². The third-order valence-electron chi connectivity index (χ3n) is 5.47. The van der Waals surface area contributed by atoms with Crippen molar-refractivity contribution in [3.05, 3.63) is 80.5 Å². The molecule has 1 aliphatic carbocycles. The van der Waals surface area contributed by atoms with Crippen LogP contribution < -0.4 is 20.3 Å². The Kier molecular flexibility index (Phi) is 6.20. The number of rotatable bonds is 5. The number of benzene rings is 2. The molecule has 1 N–H and O–H groups in total. The zero-order chi connectivity index (χ0) is 23.7. The third-order valence-corrected chi connectivity index (χ3v) is 5.77. The van der Waals surface area contributed by atoms with Crippen LogP contribution in [0.2, 0.25) is 5.02 Å². The molecule has 33 heavy (non-hydrogen) atoms. The van der Waals surface area contributed by atoms with Gasteiger partial charge in [0.05, 0.1) is 19.2 Å². The van der Waals surface area contributed by atoms with Crippen molar-refractivity contribution in [1.82, 2.24) is 4.57 Å². The summed E-state index contributed by atoms with van der Waals surface area (Å²) in [6.45, 7) is 0. The minimum absolute atomic E-state index is 0.146. The fourth-order valence-electron chi connectivity index (χ4n) is 3.86. The van der Waals surface area contributed by atoms with E-state index in [4.69, 9.17) is 21.1 Å². The first-order valence-electron chi connectivity index (χ1n) is 10.1. The maximum Gasteiger partial charge on any atom is 0.268 e. The van der Waals surface area contributed by atoms with Gasteiger partial charge in [-0.05, 0) is 43.2 Å². The van der Waals surface area contributed by atoms with Crippen LogP contribution in [0.4, 0.5) is 10.1 Å². The van der Waals surface area contributed by atoms with E-state index >= 15 is 0 Å². The monoisotopic (exact) mass is 470 g/mol. The summed E-state index contributed by atoms with van der Waals surface area (Å²) < 4.78 is 25.2. The Morgan fingerprint density at radius 1 is 1.06 bits per heavy atom. The van der Waals surface area contributed by atoms with Crippen molar-refractivity contribution in [3.8, 4) is 17.2 Å². The number of carbonyl (C=O) groups excluding carboxylic acids is 2. The highest BCUT2D eigenvalue weighted by Gasteiger charge is 2.27. The zero-order valence-electron chi connectivity index (χ0n) is 17.9. The Hall–Kier alpha value is -3.65. The molecule has 4 rings (SSSR count). The highest BCUT2D eigenvalue weighted by molar-refractivity contribution is 6.34. The van der Waals surface area contributed by atoms with E-state index in [2.05, 4.69) is 5.32 Å². The molecule has 2 aromatic carbocycles. The van der Waals surface area contributed by atoms with Gasteiger partial charge >= 0.3 is 0 Å². The van der Waals surface area contributed by atoms with Crippen LogP contribution in [0.3, 0.4) is 0 Å². The number of aromatic nitrogens is 1. The van der Waals surface area contributed by atoms with E-state index in [1.165, 1.54) is 61.3 Å². The maximum absolute atomic E-state index is 13.5. The Morgan fingerprint density at radius 3 is 2.45 bits per heavy atom. The number of ketones is 1. The van der Waals surface area contributed by atoms with Gasteiger partial charge in [-0.3, -0.25) is 19.0 Å². The lowest BCUT2D eigenvalue weighted by Crippen LogP contribution is -2.33. The summed E-state index contributed by atoms with van der Waals surface area (Å²) in [5.41, 5.74) is 0.435. The smallest absolute Gasteiger partial charge is 0.268 e. The Balaban J connectivity index is 1.85. The molecule has 1 aliphatic rings. The molecule has 170 valence electrons. The van der Waals surface area contributed by atoms with Gasteiger partial charge in [0.1, 0.15) is 28.6 Å². The van der Waals surface area contributed by atoms with Gasteiger partial charge in [0, 0.05) is 35.5 Å². The Bertz CT molecular complexity index is 1320. The van der Waals surface area contributed by atoms with E-state index in [9.17, 15) is 18.8 Å². The van der Waals surface area contributed by atoms with Gasteiger partial charge in [-0.2, -0.15) is 0 Å². The van der Waals surface area contributed by atoms with Gasteiger partial charge in [0.25, 0.3) is 11.5 Å². The summed E-state index contributed by atoms with van der Waals surface area (Å²) >= 11 is 6.30. The number of nitrogens with one attached hydrogen (secondary N) is 1. The molecule has 0 saturated heterocycles. The Labute approximate surface area is 193 Å². The number of pyridine rings is 1. The summed E-state index contributed by atoms with van der Waals surface area (Å²) in [6, 6.07) is 9.64. The van der Waals surface area contributed by atoms with Gasteiger partial charge < -0.3 is 14.8 Å². The number of fused-ring (bicyclic) bond motifs is 1. The number of Topliss-reactive ketones (excluding diaryl/α,β-unsaturated/α-hetero) is 1. The lowest BCUT2D eigenvalue weighted by atomic mass is 9.92. The van der Waals surface area contributed by atoms with Gasteiger partial charge in [-0.25, -0.2) is 4.39 Å². The number of nitrogens with zero attached hydrogens (tertiary/aromatic N) is 1. The second-order valence-electron chi connectivity index (χ2n) is 7.45. The number of hydrogen-bond donors (Lipinski definition) is 1. The molecule has 0 spiro atoms. The summed E-state index contributed by atoms with van der Waals surface area (Å²) in [7, 11) is 2.87. The van der Waals surface area contributed by atoms with Crippen molar-refractivity contribution in [2.45, 2.75) is 19.3 Å². The van der Waals surface area contributed by atoms with Crippen LogP contribution >= 0.6 is 11.6 Å². The van der Waals surface area contributed by atoms with Crippen LogP contribution in [0.1, 0.15) is 39.3 Å². The van der Waals surface area contributed by atoms with Crippen LogP contribution in [0.25, 0.3) is 5.69 Å². The first kappa shape index (κ1) is 22.5. The van der Waals surface area contributed by atoms with Crippen LogP contribution in [-0.2, 0) is 6.42 Å². The minimum atomic E-state index is -0.762. The molecule has 0 radical (unpaired) electrons. The molecule has 9 heteroatoms. The number of carbonyl (C=O) groups is 2. The van der Waals surface area contributed by atoms with Gasteiger partial charge in [-0.1, -0.05) is 11.6 Å². The predicted molar refractivity (Wildman–Crippen MR) is 122 cm³/mol. The lowest BCUT2D eigenvalue weighted by Gasteiger charge is -2.22. The van der Waals surface area contributed by atoms with Crippen LogP contribution in [-0.4, -0.2) is 30.5 Å². The van der Waals surface area contributed by atoms with Crippen molar-refractivity contribution in [1.29, 1.82) is 0 Å². The normalized spacial score (nSPS) is 12.8. The minimum Gasteiger partial charge on any atom is -0.497 e. The molecule has 0 saturated carbocycles. The molecule has 7 nitrogen and oxygen atoms in total. The summed E-state index contributed by atoms with van der Waals surface area (Å²) in [4.78, 5) is 39.2. The van der Waals surface area contributed by atoms with Crippen molar-refractivity contribution in [2.75, 3.05) is 19.5 Å². The predicted octanol–water partition coefficient (Wildman–Crippen LogP) is 4.42. The molecule has 0 aliphatic heterocycles. The van der Waals surface area contributed by atoms with Crippen LogP contribution in [0.15, 0.2) is 47.3 Å². The van der Waals surface area contributed by atoms with Crippen LogP contribution in [0, 0.1) is 5.82 Å². The first-order chi connectivity index (χ1) is 15.8. The molecule has 1 aromatic heterocycles. The van der Waals surface area contributed by atoms with E-state index in [1.807, 2.05) is 0 Å². The molecule has 0 unspecified atom stereocenters. The van der Waals surface area contributed by atoms with E-state index in [-0.39, 0.29) is 27.8 Å². The van der Waals surface area contributed by atoms with E-state index < -0.39 is 17.3 Å². The molecule has 1 amide bonds. The fraction of sp³-hybridized carbons (Fsp3) is 0.208. The van der Waals surface area contributed by atoms with Crippen molar-refractivity contribution < 1.29 is 23.5 Å². The molecule has 0 fully saturated rings. The SMILES string of the molecule is COc1cc(Cl)c(NC(=O)c2cc3c(n(-c4ccc(F)cc4)c2=O)CCCC3=O)c(OC)c1. The number of hydrogen-bond acceptors (Lipinski definition) is 5. The number of halogens is 2. The van der Waals surface area contributed by atoms with Gasteiger partial charge in [0.2, 0.25) is 0 Å². The molecular formula is C24H20ClFN2O5. The maximum atomic E-state index is 13.5. The van der Waals surface area contributed by atoms with E-state index in [0.29, 0.717) is 42.0 Å². The standard InChI is InChI=1S/C24H20ClFN2O5/c1-32-15-10-18(25)22(21(11-15)33-2)27-23(30)17-12-16-19(4-3-5-20(16)29)28(24(17)31)14-8-6-13(26)7-9-14/h6-12H,3-5H2,1-2H3,(H,27,30). The largest absolute Gasteiger partial charge is 0.497 e. The number of methoxy groups -OCH3 is 2. The summed E-state index contributed by atoms with van der Waals surface area (Å²) in [5.74, 6) is -0.732. The molecule has 0 bridgehead atoms. The molecule has 0 atom stereocenters. The fourth-order valence-corrected chi connectivity index (χ4v) is 4.10. The second-order valence-corrected chi connectivity index (χ2v) is 7.86. The van der Waals surface area contributed by atoms with Crippen LogP contribution in [0.5, 0.6) is 11.5 Å².